The van der Waals surface area contributed by atoms with Gasteiger partial charge in [-0.25, -0.2) is 18.4 Å². The van der Waals surface area contributed by atoms with Crippen LogP contribution in [0.25, 0.3) is 22.2 Å². The summed E-state index contributed by atoms with van der Waals surface area (Å²) in [6.07, 6.45) is 1.19. The minimum Gasteiger partial charge on any atom is -0.437 e. The van der Waals surface area contributed by atoms with Crippen molar-refractivity contribution in [1.29, 1.82) is 0 Å². The molecule has 0 atom stereocenters. The van der Waals surface area contributed by atoms with Gasteiger partial charge in [0.25, 0.3) is 0 Å². The standard InChI is InChI=1S/C22H17ClN2O3S/c1-14-22(25-20-11-5-10-19(23)21(20)24-14)28-17-8-3-6-15(12-17)16-7-4-9-18(13-16)29(2,26)27/h3-13H,1-2H3. The number of rotatable bonds is 4. The Balaban J connectivity index is 1.70. The van der Waals surface area contributed by atoms with Crippen LogP contribution in [0.4, 0.5) is 0 Å². The summed E-state index contributed by atoms with van der Waals surface area (Å²) in [6, 6.07) is 19.6. The summed E-state index contributed by atoms with van der Waals surface area (Å²) in [5, 5.41) is 0.539. The van der Waals surface area contributed by atoms with Gasteiger partial charge in [0.05, 0.1) is 15.4 Å². The van der Waals surface area contributed by atoms with Crippen LogP contribution in [-0.2, 0) is 9.84 Å². The number of aryl methyl sites for hydroxylation is 1. The van der Waals surface area contributed by atoms with E-state index in [1.807, 2.05) is 49.4 Å². The molecule has 0 saturated heterocycles. The Morgan fingerprint density at radius 3 is 2.34 bits per heavy atom. The molecule has 4 rings (SSSR count). The summed E-state index contributed by atoms with van der Waals surface area (Å²) in [4.78, 5) is 9.31. The van der Waals surface area contributed by atoms with E-state index in [2.05, 4.69) is 9.97 Å². The van der Waals surface area contributed by atoms with Crippen LogP contribution in [0.2, 0.25) is 5.02 Å². The first-order valence-electron chi connectivity index (χ1n) is 8.82. The van der Waals surface area contributed by atoms with Gasteiger partial charge in [0.15, 0.2) is 9.84 Å². The van der Waals surface area contributed by atoms with E-state index in [0.717, 1.165) is 11.1 Å². The molecule has 146 valence electrons. The molecular weight excluding hydrogens is 408 g/mol. The van der Waals surface area contributed by atoms with Gasteiger partial charge >= 0.3 is 0 Å². The smallest absolute Gasteiger partial charge is 0.241 e. The van der Waals surface area contributed by atoms with Gasteiger partial charge in [-0.05, 0) is 54.4 Å². The lowest BCUT2D eigenvalue weighted by atomic mass is 10.1. The van der Waals surface area contributed by atoms with Crippen LogP contribution in [0, 0.1) is 6.92 Å². The van der Waals surface area contributed by atoms with E-state index in [9.17, 15) is 8.42 Å². The van der Waals surface area contributed by atoms with E-state index in [1.54, 1.807) is 24.3 Å². The Bertz CT molecular complexity index is 1340. The van der Waals surface area contributed by atoms with Crippen LogP contribution in [0.5, 0.6) is 11.6 Å². The summed E-state index contributed by atoms with van der Waals surface area (Å²) in [6.45, 7) is 1.81. The van der Waals surface area contributed by atoms with Gasteiger partial charge in [-0.15, -0.1) is 0 Å². The summed E-state index contributed by atoms with van der Waals surface area (Å²) in [5.41, 5.74) is 3.52. The summed E-state index contributed by atoms with van der Waals surface area (Å²) < 4.78 is 29.7. The van der Waals surface area contributed by atoms with Crippen LogP contribution in [0.1, 0.15) is 5.69 Å². The van der Waals surface area contributed by atoms with Gasteiger partial charge in [-0.2, -0.15) is 0 Å². The van der Waals surface area contributed by atoms with Crippen molar-refractivity contribution in [2.75, 3.05) is 6.26 Å². The van der Waals surface area contributed by atoms with Crippen LogP contribution >= 0.6 is 11.6 Å². The molecule has 29 heavy (non-hydrogen) atoms. The third kappa shape index (κ3) is 4.09. The topological polar surface area (TPSA) is 69.2 Å². The van der Waals surface area contributed by atoms with E-state index in [-0.39, 0.29) is 4.90 Å². The molecule has 0 unspecified atom stereocenters. The van der Waals surface area contributed by atoms with Crippen LogP contribution < -0.4 is 4.74 Å². The molecule has 4 aromatic rings. The molecule has 1 aromatic heterocycles. The molecule has 5 nitrogen and oxygen atoms in total. The Hall–Kier alpha value is -2.96. The maximum atomic E-state index is 11.8. The monoisotopic (exact) mass is 424 g/mol. The highest BCUT2D eigenvalue weighted by molar-refractivity contribution is 7.90. The third-order valence-electron chi connectivity index (χ3n) is 4.42. The minimum atomic E-state index is -3.28. The Morgan fingerprint density at radius 1 is 0.897 bits per heavy atom. The third-order valence-corrected chi connectivity index (χ3v) is 5.84. The quantitative estimate of drug-likeness (QED) is 0.435. The number of hydrogen-bond donors (Lipinski definition) is 0. The highest BCUT2D eigenvalue weighted by Gasteiger charge is 2.12. The zero-order valence-corrected chi connectivity index (χ0v) is 17.3. The predicted octanol–water partition coefficient (Wildman–Crippen LogP) is 5.45. The van der Waals surface area contributed by atoms with Crippen molar-refractivity contribution in [1.82, 2.24) is 9.97 Å². The average molecular weight is 425 g/mol. The number of fused-ring (bicyclic) bond motifs is 1. The minimum absolute atomic E-state index is 0.273. The van der Waals surface area contributed by atoms with E-state index in [4.69, 9.17) is 16.3 Å². The van der Waals surface area contributed by atoms with Crippen LogP contribution in [0.15, 0.2) is 71.6 Å². The van der Waals surface area contributed by atoms with Crippen LogP contribution in [-0.4, -0.2) is 24.6 Å². The number of benzene rings is 3. The maximum Gasteiger partial charge on any atom is 0.241 e. The van der Waals surface area contributed by atoms with Gasteiger partial charge in [0.1, 0.15) is 17.0 Å². The molecule has 0 amide bonds. The van der Waals surface area contributed by atoms with Crippen molar-refractivity contribution < 1.29 is 13.2 Å². The van der Waals surface area contributed by atoms with Gasteiger partial charge in [0, 0.05) is 6.26 Å². The van der Waals surface area contributed by atoms with Crippen LogP contribution in [0.3, 0.4) is 0 Å². The number of para-hydroxylation sites is 1. The number of sulfone groups is 1. The van der Waals surface area contributed by atoms with E-state index >= 15 is 0 Å². The largest absolute Gasteiger partial charge is 0.437 e. The lowest BCUT2D eigenvalue weighted by molar-refractivity contribution is 0.458. The highest BCUT2D eigenvalue weighted by atomic mass is 35.5. The molecule has 0 fully saturated rings. The molecule has 0 spiro atoms. The average Bonchev–Trinajstić information content (AvgIpc) is 2.69. The van der Waals surface area contributed by atoms with Crippen molar-refractivity contribution in [3.8, 4) is 22.8 Å². The summed E-state index contributed by atoms with van der Waals surface area (Å²) in [7, 11) is -3.28. The van der Waals surface area contributed by atoms with Crippen molar-refractivity contribution in [2.24, 2.45) is 0 Å². The second-order valence-corrected chi connectivity index (χ2v) is 9.07. The summed E-state index contributed by atoms with van der Waals surface area (Å²) in [5.74, 6) is 0.966. The predicted molar refractivity (Wildman–Crippen MR) is 114 cm³/mol. The second-order valence-electron chi connectivity index (χ2n) is 6.65. The van der Waals surface area contributed by atoms with Gasteiger partial charge in [0.2, 0.25) is 5.88 Å². The Labute approximate surface area is 173 Å². The van der Waals surface area contributed by atoms with E-state index < -0.39 is 9.84 Å². The van der Waals surface area contributed by atoms with E-state index in [0.29, 0.717) is 33.4 Å². The van der Waals surface area contributed by atoms with E-state index in [1.165, 1.54) is 6.26 Å². The van der Waals surface area contributed by atoms with Gasteiger partial charge < -0.3 is 4.74 Å². The number of ether oxygens (including phenoxy) is 1. The number of nitrogens with zero attached hydrogens (tertiary/aromatic N) is 2. The molecule has 0 aliphatic carbocycles. The maximum absolute atomic E-state index is 11.8. The SMILES string of the molecule is Cc1nc2c(Cl)cccc2nc1Oc1cccc(-c2cccc(S(C)(=O)=O)c2)c1. The molecule has 7 heteroatoms. The summed E-state index contributed by atoms with van der Waals surface area (Å²) >= 11 is 6.19. The number of aromatic nitrogens is 2. The second kappa shape index (κ2) is 7.46. The zero-order chi connectivity index (χ0) is 20.6. The molecule has 0 saturated carbocycles. The van der Waals surface area contributed by atoms with Gasteiger partial charge in [-0.3, -0.25) is 0 Å². The molecular formula is C22H17ClN2O3S. The first-order chi connectivity index (χ1) is 13.8. The molecule has 0 aliphatic rings. The van der Waals surface area contributed by atoms with Gasteiger partial charge in [-0.1, -0.05) is 41.9 Å². The molecule has 0 radical (unpaired) electrons. The van der Waals surface area contributed by atoms with Crippen molar-refractivity contribution in [2.45, 2.75) is 11.8 Å². The lowest BCUT2D eigenvalue weighted by Gasteiger charge is -2.11. The first-order valence-corrected chi connectivity index (χ1v) is 11.1. The molecule has 1 heterocycles. The first kappa shape index (κ1) is 19.4. The zero-order valence-electron chi connectivity index (χ0n) is 15.8. The highest BCUT2D eigenvalue weighted by Crippen LogP contribution is 2.30. The molecule has 3 aromatic carbocycles. The fourth-order valence-electron chi connectivity index (χ4n) is 2.96. The molecule has 0 aliphatic heterocycles. The fourth-order valence-corrected chi connectivity index (χ4v) is 3.84. The molecule has 0 N–H and O–H groups in total. The lowest BCUT2D eigenvalue weighted by Crippen LogP contribution is -1.97. The molecule has 0 bridgehead atoms. The van der Waals surface area contributed by atoms with Crippen molar-refractivity contribution in [3.63, 3.8) is 0 Å². The Kier molecular flexibility index (Phi) is 4.98. The van der Waals surface area contributed by atoms with Crippen molar-refractivity contribution in [3.05, 3.63) is 77.4 Å². The Morgan fingerprint density at radius 2 is 1.59 bits per heavy atom. The number of halogens is 1. The normalized spacial score (nSPS) is 11.6. The number of hydrogen-bond acceptors (Lipinski definition) is 5. The van der Waals surface area contributed by atoms with Crippen molar-refractivity contribution >= 4 is 32.5 Å². The fraction of sp³-hybridized carbons (Fsp3) is 0.0909.